The lowest BCUT2D eigenvalue weighted by atomic mass is 9.98. The van der Waals surface area contributed by atoms with E-state index in [9.17, 15) is 9.90 Å². The molecule has 0 fully saturated rings. The van der Waals surface area contributed by atoms with Gasteiger partial charge in [-0.2, -0.15) is 0 Å². The van der Waals surface area contributed by atoms with Gasteiger partial charge >= 0.3 is 0 Å². The van der Waals surface area contributed by atoms with Crippen molar-refractivity contribution >= 4 is 5.91 Å². The number of amides is 1. The summed E-state index contributed by atoms with van der Waals surface area (Å²) < 4.78 is 12.1. The Morgan fingerprint density at radius 2 is 1.89 bits per heavy atom. The first-order chi connectivity index (χ1) is 16.8. The zero-order valence-electron chi connectivity index (χ0n) is 20.5. The van der Waals surface area contributed by atoms with Gasteiger partial charge in [0.05, 0.1) is 6.54 Å². The molecule has 0 unspecified atom stereocenters. The van der Waals surface area contributed by atoms with E-state index in [0.717, 1.165) is 22.4 Å². The topological polar surface area (TPSA) is 59.0 Å². The second-order valence-electron chi connectivity index (χ2n) is 9.08. The Labute approximate surface area is 207 Å². The number of carbonyl (C=O) groups is 1. The molecule has 1 aliphatic heterocycles. The quantitative estimate of drug-likeness (QED) is 0.536. The van der Waals surface area contributed by atoms with E-state index in [0.29, 0.717) is 37.4 Å². The number of fused-ring (bicyclic) bond motifs is 1. The van der Waals surface area contributed by atoms with Gasteiger partial charge in [0, 0.05) is 29.8 Å². The fraction of sp³-hybridized carbons (Fsp3) is 0.300. The molecule has 1 aliphatic rings. The first-order valence-electron chi connectivity index (χ1n) is 11.9. The van der Waals surface area contributed by atoms with Gasteiger partial charge < -0.3 is 19.5 Å². The highest BCUT2D eigenvalue weighted by atomic mass is 16.5. The van der Waals surface area contributed by atoms with Crippen LogP contribution < -0.4 is 4.74 Å². The molecule has 0 bridgehead atoms. The first kappa shape index (κ1) is 24.5. The normalized spacial score (nSPS) is 14.1. The Balaban J connectivity index is 1.60. The average Bonchev–Trinajstić information content (AvgIpc) is 3.08. The Kier molecular flexibility index (Phi) is 7.55. The van der Waals surface area contributed by atoms with Crippen LogP contribution in [0.4, 0.5) is 0 Å². The molecule has 35 heavy (non-hydrogen) atoms. The molecule has 0 saturated carbocycles. The van der Waals surface area contributed by atoms with Crippen LogP contribution in [0.15, 0.2) is 72.8 Å². The van der Waals surface area contributed by atoms with Crippen molar-refractivity contribution in [1.82, 2.24) is 4.90 Å². The third-order valence-electron chi connectivity index (χ3n) is 5.71. The third kappa shape index (κ3) is 6.30. The molecule has 4 rings (SSSR count). The number of hydrogen-bond donors (Lipinski definition) is 1. The second kappa shape index (κ2) is 10.8. The molecule has 1 heterocycles. The third-order valence-corrected chi connectivity index (χ3v) is 5.71. The molecule has 0 spiro atoms. The van der Waals surface area contributed by atoms with Crippen molar-refractivity contribution < 1.29 is 19.4 Å². The highest BCUT2D eigenvalue weighted by Gasteiger charge is 2.23. The SMILES string of the molecule is CCO[C@H](c1ccccc1)c1ccc2c(c1)CN(C(=O)c1cccc(C#CC(C)(C)O)c1)CCO2. The fourth-order valence-electron chi connectivity index (χ4n) is 4.07. The minimum Gasteiger partial charge on any atom is -0.491 e. The van der Waals surface area contributed by atoms with E-state index >= 15 is 0 Å². The summed E-state index contributed by atoms with van der Waals surface area (Å²) in [6, 6.07) is 23.4. The van der Waals surface area contributed by atoms with Gasteiger partial charge in [0.25, 0.3) is 5.91 Å². The molecule has 3 aromatic rings. The van der Waals surface area contributed by atoms with Gasteiger partial charge in [-0.05, 0) is 62.2 Å². The molecule has 5 heteroatoms. The molecular weight excluding hydrogens is 438 g/mol. The van der Waals surface area contributed by atoms with Crippen molar-refractivity contribution in [3.05, 3.63) is 101 Å². The van der Waals surface area contributed by atoms with Gasteiger partial charge in [0.1, 0.15) is 24.1 Å². The minimum atomic E-state index is -1.09. The molecule has 0 aliphatic carbocycles. The van der Waals surface area contributed by atoms with Crippen molar-refractivity contribution in [2.75, 3.05) is 19.8 Å². The number of carbonyl (C=O) groups excluding carboxylic acids is 1. The number of nitrogens with zero attached hydrogens (tertiary/aromatic N) is 1. The monoisotopic (exact) mass is 469 g/mol. The van der Waals surface area contributed by atoms with Crippen LogP contribution in [0.2, 0.25) is 0 Å². The van der Waals surface area contributed by atoms with Crippen molar-refractivity contribution in [2.45, 2.75) is 39.0 Å². The summed E-state index contributed by atoms with van der Waals surface area (Å²) in [5.74, 6) is 6.45. The van der Waals surface area contributed by atoms with Crippen LogP contribution in [0.3, 0.4) is 0 Å². The van der Waals surface area contributed by atoms with E-state index in [1.807, 2.05) is 49.4 Å². The largest absolute Gasteiger partial charge is 0.491 e. The van der Waals surface area contributed by atoms with Gasteiger partial charge in [0.15, 0.2) is 0 Å². The Morgan fingerprint density at radius 1 is 1.09 bits per heavy atom. The van der Waals surface area contributed by atoms with Crippen molar-refractivity contribution in [1.29, 1.82) is 0 Å². The summed E-state index contributed by atoms with van der Waals surface area (Å²) in [5, 5.41) is 9.88. The predicted molar refractivity (Wildman–Crippen MR) is 136 cm³/mol. The smallest absolute Gasteiger partial charge is 0.254 e. The Bertz CT molecular complexity index is 1230. The van der Waals surface area contributed by atoms with Crippen LogP contribution in [0.1, 0.15) is 59.5 Å². The summed E-state index contributed by atoms with van der Waals surface area (Å²) in [7, 11) is 0. The van der Waals surface area contributed by atoms with E-state index in [-0.39, 0.29) is 12.0 Å². The summed E-state index contributed by atoms with van der Waals surface area (Å²) in [6.07, 6.45) is -0.190. The van der Waals surface area contributed by atoms with Crippen molar-refractivity contribution in [3.8, 4) is 17.6 Å². The lowest BCUT2D eigenvalue weighted by Crippen LogP contribution is -2.32. The van der Waals surface area contributed by atoms with Gasteiger partial charge in [-0.1, -0.05) is 54.3 Å². The summed E-state index contributed by atoms with van der Waals surface area (Å²) in [4.78, 5) is 15.2. The van der Waals surface area contributed by atoms with E-state index in [2.05, 4.69) is 30.0 Å². The van der Waals surface area contributed by atoms with Crippen LogP contribution in [-0.4, -0.2) is 41.3 Å². The highest BCUT2D eigenvalue weighted by molar-refractivity contribution is 5.94. The maximum absolute atomic E-state index is 13.4. The lowest BCUT2D eigenvalue weighted by Gasteiger charge is -2.22. The van der Waals surface area contributed by atoms with E-state index in [1.54, 1.807) is 30.9 Å². The number of rotatable bonds is 5. The zero-order chi connectivity index (χ0) is 24.8. The van der Waals surface area contributed by atoms with Crippen molar-refractivity contribution in [2.24, 2.45) is 0 Å². The van der Waals surface area contributed by atoms with Gasteiger partial charge in [-0.15, -0.1) is 0 Å². The highest BCUT2D eigenvalue weighted by Crippen LogP contribution is 2.32. The number of benzene rings is 3. The predicted octanol–water partition coefficient (Wildman–Crippen LogP) is 4.97. The number of aliphatic hydroxyl groups is 1. The van der Waals surface area contributed by atoms with E-state index in [4.69, 9.17) is 9.47 Å². The molecular formula is C30H31NO4. The molecule has 1 amide bonds. The Morgan fingerprint density at radius 3 is 2.63 bits per heavy atom. The maximum atomic E-state index is 13.4. The van der Waals surface area contributed by atoms with Crippen LogP contribution in [0, 0.1) is 11.8 Å². The fourth-order valence-corrected chi connectivity index (χ4v) is 4.07. The number of hydrogen-bond acceptors (Lipinski definition) is 4. The number of ether oxygens (including phenoxy) is 2. The van der Waals surface area contributed by atoms with Crippen LogP contribution >= 0.6 is 0 Å². The molecule has 0 radical (unpaired) electrons. The Hall–Kier alpha value is -3.59. The molecule has 0 saturated heterocycles. The second-order valence-corrected chi connectivity index (χ2v) is 9.08. The standard InChI is InChI=1S/C30H31NO4/c1-4-34-28(23-10-6-5-7-11-23)24-13-14-27-26(20-24)21-31(17-18-35-27)29(32)25-12-8-9-22(19-25)15-16-30(2,3)33/h5-14,19-20,28,33H,4,17-18,21H2,1-3H3/t28-/m1/s1. The molecule has 0 aromatic heterocycles. The molecule has 3 aromatic carbocycles. The summed E-state index contributed by atoms with van der Waals surface area (Å²) >= 11 is 0. The van der Waals surface area contributed by atoms with Gasteiger partial charge in [0.2, 0.25) is 0 Å². The van der Waals surface area contributed by atoms with Crippen LogP contribution in [0.5, 0.6) is 5.75 Å². The molecule has 1 atom stereocenters. The lowest BCUT2D eigenvalue weighted by molar-refractivity contribution is 0.0733. The zero-order valence-corrected chi connectivity index (χ0v) is 20.5. The average molecular weight is 470 g/mol. The van der Waals surface area contributed by atoms with Gasteiger partial charge in [-0.25, -0.2) is 0 Å². The van der Waals surface area contributed by atoms with Gasteiger partial charge in [-0.3, -0.25) is 4.79 Å². The first-order valence-corrected chi connectivity index (χ1v) is 11.9. The molecule has 180 valence electrons. The molecule has 5 nitrogen and oxygen atoms in total. The van der Waals surface area contributed by atoms with Crippen molar-refractivity contribution in [3.63, 3.8) is 0 Å². The molecule has 1 N–H and O–H groups in total. The summed E-state index contributed by atoms with van der Waals surface area (Å²) in [6.45, 7) is 7.18. The van der Waals surface area contributed by atoms with Crippen LogP contribution in [0.25, 0.3) is 0 Å². The summed E-state index contributed by atoms with van der Waals surface area (Å²) in [5.41, 5.74) is 3.21. The van der Waals surface area contributed by atoms with E-state index < -0.39 is 5.60 Å². The van der Waals surface area contributed by atoms with E-state index in [1.165, 1.54) is 0 Å². The maximum Gasteiger partial charge on any atom is 0.254 e. The minimum absolute atomic E-state index is 0.0804. The van der Waals surface area contributed by atoms with Crippen LogP contribution in [-0.2, 0) is 11.3 Å².